The molecule has 3 aromatic rings. The Morgan fingerprint density at radius 2 is 2.36 bits per heavy atom. The molecule has 0 aliphatic carbocycles. The Balaban J connectivity index is 2.49. The van der Waals surface area contributed by atoms with Crippen LogP contribution in [0.3, 0.4) is 0 Å². The van der Waals surface area contributed by atoms with E-state index in [1.54, 1.807) is 17.5 Å². The summed E-state index contributed by atoms with van der Waals surface area (Å²) in [5.41, 5.74) is 1.81. The number of benzene rings is 1. The second-order valence-electron chi connectivity index (χ2n) is 3.03. The summed E-state index contributed by atoms with van der Waals surface area (Å²) in [5, 5.41) is 0. The number of carbonyl (C=O) groups is 1. The Morgan fingerprint density at radius 1 is 1.43 bits per heavy atom. The van der Waals surface area contributed by atoms with Gasteiger partial charge in [0.25, 0.3) is 0 Å². The lowest BCUT2D eigenvalue weighted by atomic mass is 10.2. The predicted molar refractivity (Wildman–Crippen MR) is 56.0 cm³/mol. The molecule has 0 saturated heterocycles. The summed E-state index contributed by atoms with van der Waals surface area (Å²) in [6, 6.07) is 5.66. The van der Waals surface area contributed by atoms with E-state index >= 15 is 0 Å². The van der Waals surface area contributed by atoms with E-state index in [4.69, 9.17) is 0 Å². The fourth-order valence-electron chi connectivity index (χ4n) is 1.53. The second kappa shape index (κ2) is 2.65. The molecule has 0 unspecified atom stereocenters. The molecule has 0 aliphatic rings. The molecule has 0 aliphatic heterocycles. The number of nitrogens with zero attached hydrogens (tertiary/aromatic N) is 2. The van der Waals surface area contributed by atoms with Crippen LogP contribution in [0.5, 0.6) is 0 Å². The van der Waals surface area contributed by atoms with E-state index < -0.39 is 0 Å². The van der Waals surface area contributed by atoms with Crippen molar-refractivity contribution >= 4 is 32.8 Å². The predicted octanol–water partition coefficient (Wildman–Crippen LogP) is 2.36. The molecule has 0 atom stereocenters. The fourth-order valence-corrected chi connectivity index (χ4v) is 2.57. The Hall–Kier alpha value is -1.68. The van der Waals surface area contributed by atoms with Gasteiger partial charge in [-0.1, -0.05) is 11.3 Å². The van der Waals surface area contributed by atoms with E-state index in [0.717, 1.165) is 21.5 Å². The van der Waals surface area contributed by atoms with Gasteiger partial charge in [0.1, 0.15) is 6.29 Å². The molecular formula is C10H6N2OS. The van der Waals surface area contributed by atoms with Crippen LogP contribution >= 0.6 is 11.3 Å². The minimum absolute atomic E-state index is 0.710. The van der Waals surface area contributed by atoms with Crippen LogP contribution in [0, 0.1) is 0 Å². The molecule has 2 heterocycles. The first-order valence-electron chi connectivity index (χ1n) is 4.19. The maximum atomic E-state index is 10.6. The molecular weight excluding hydrogens is 196 g/mol. The molecule has 0 amide bonds. The maximum Gasteiger partial charge on any atom is 0.194 e. The Morgan fingerprint density at radius 3 is 3.21 bits per heavy atom. The van der Waals surface area contributed by atoms with E-state index in [2.05, 4.69) is 4.98 Å². The van der Waals surface area contributed by atoms with Crippen molar-refractivity contribution in [2.75, 3.05) is 0 Å². The van der Waals surface area contributed by atoms with Crippen LogP contribution in [0.4, 0.5) is 0 Å². The molecule has 0 bridgehead atoms. The molecule has 3 rings (SSSR count). The Bertz CT molecular complexity index is 623. The smallest absolute Gasteiger partial charge is 0.194 e. The molecule has 0 spiro atoms. The highest BCUT2D eigenvalue weighted by atomic mass is 32.1. The standard InChI is InChI=1S/C10H6N2OS/c13-6-7-1-2-8-9(5-7)14-10-11-3-4-12(8)10/h1-6H. The highest BCUT2D eigenvalue weighted by Crippen LogP contribution is 2.25. The van der Waals surface area contributed by atoms with Gasteiger partial charge in [0.15, 0.2) is 4.96 Å². The van der Waals surface area contributed by atoms with Crippen molar-refractivity contribution in [3.8, 4) is 0 Å². The van der Waals surface area contributed by atoms with Crippen molar-refractivity contribution in [2.45, 2.75) is 0 Å². The summed E-state index contributed by atoms with van der Waals surface area (Å²) in [6.07, 6.45) is 4.57. The number of hydrogen-bond donors (Lipinski definition) is 0. The number of imidazole rings is 1. The highest BCUT2D eigenvalue weighted by molar-refractivity contribution is 7.23. The molecule has 0 fully saturated rings. The van der Waals surface area contributed by atoms with Crippen molar-refractivity contribution in [3.63, 3.8) is 0 Å². The first-order valence-corrected chi connectivity index (χ1v) is 5.01. The van der Waals surface area contributed by atoms with Crippen LogP contribution in [-0.2, 0) is 0 Å². The van der Waals surface area contributed by atoms with Gasteiger partial charge in [-0.25, -0.2) is 4.98 Å². The van der Waals surface area contributed by atoms with E-state index in [1.807, 2.05) is 28.8 Å². The summed E-state index contributed by atoms with van der Waals surface area (Å²) in [7, 11) is 0. The topological polar surface area (TPSA) is 34.4 Å². The summed E-state index contributed by atoms with van der Waals surface area (Å²) >= 11 is 1.59. The first-order chi connectivity index (χ1) is 6.88. The summed E-state index contributed by atoms with van der Waals surface area (Å²) in [4.78, 5) is 15.8. The highest BCUT2D eigenvalue weighted by Gasteiger charge is 2.04. The van der Waals surface area contributed by atoms with Gasteiger partial charge in [-0.3, -0.25) is 9.20 Å². The lowest BCUT2D eigenvalue weighted by molar-refractivity contribution is 0.112. The lowest BCUT2D eigenvalue weighted by Crippen LogP contribution is -1.79. The van der Waals surface area contributed by atoms with Gasteiger partial charge < -0.3 is 0 Å². The third kappa shape index (κ3) is 0.914. The van der Waals surface area contributed by atoms with Crippen LogP contribution < -0.4 is 0 Å². The number of rotatable bonds is 1. The summed E-state index contributed by atoms with van der Waals surface area (Å²) < 4.78 is 3.12. The molecule has 0 saturated carbocycles. The molecule has 14 heavy (non-hydrogen) atoms. The summed E-state index contributed by atoms with van der Waals surface area (Å²) in [6.45, 7) is 0. The third-order valence-corrected chi connectivity index (χ3v) is 3.22. The van der Waals surface area contributed by atoms with Gasteiger partial charge >= 0.3 is 0 Å². The number of carbonyl (C=O) groups excluding carboxylic acids is 1. The van der Waals surface area contributed by atoms with Gasteiger partial charge in [0.2, 0.25) is 0 Å². The molecule has 0 N–H and O–H groups in total. The molecule has 0 radical (unpaired) electrons. The zero-order chi connectivity index (χ0) is 9.54. The second-order valence-corrected chi connectivity index (χ2v) is 4.04. The zero-order valence-electron chi connectivity index (χ0n) is 7.18. The fraction of sp³-hybridized carbons (Fsp3) is 0. The van der Waals surface area contributed by atoms with Gasteiger partial charge in [0.05, 0.1) is 10.2 Å². The van der Waals surface area contributed by atoms with Crippen molar-refractivity contribution in [1.82, 2.24) is 9.38 Å². The van der Waals surface area contributed by atoms with E-state index in [-0.39, 0.29) is 0 Å². The average molecular weight is 202 g/mol. The van der Waals surface area contributed by atoms with Crippen LogP contribution in [0.1, 0.15) is 10.4 Å². The largest absolute Gasteiger partial charge is 0.298 e. The van der Waals surface area contributed by atoms with Gasteiger partial charge in [-0.05, 0) is 18.2 Å². The molecule has 1 aromatic carbocycles. The molecule has 4 heteroatoms. The average Bonchev–Trinajstić information content (AvgIpc) is 2.75. The van der Waals surface area contributed by atoms with E-state index in [9.17, 15) is 4.79 Å². The van der Waals surface area contributed by atoms with Gasteiger partial charge in [0, 0.05) is 18.0 Å². The van der Waals surface area contributed by atoms with Crippen LogP contribution in [0.15, 0.2) is 30.6 Å². The number of thiazole rings is 1. The maximum absolute atomic E-state index is 10.6. The number of fused-ring (bicyclic) bond motifs is 3. The lowest BCUT2D eigenvalue weighted by Gasteiger charge is -1.91. The number of aldehydes is 1. The first kappa shape index (κ1) is 7.70. The normalized spacial score (nSPS) is 11.1. The minimum atomic E-state index is 0.710. The van der Waals surface area contributed by atoms with Crippen LogP contribution in [0.25, 0.3) is 15.2 Å². The van der Waals surface area contributed by atoms with Gasteiger partial charge in [-0.15, -0.1) is 0 Å². The van der Waals surface area contributed by atoms with Crippen molar-refractivity contribution < 1.29 is 4.79 Å². The molecule has 3 nitrogen and oxygen atoms in total. The quantitative estimate of drug-likeness (QED) is 0.568. The van der Waals surface area contributed by atoms with Gasteiger partial charge in [-0.2, -0.15) is 0 Å². The SMILES string of the molecule is O=Cc1ccc2c(c1)sc1nccn12. The van der Waals surface area contributed by atoms with E-state index in [0.29, 0.717) is 5.56 Å². The molecule has 2 aromatic heterocycles. The van der Waals surface area contributed by atoms with Crippen molar-refractivity contribution in [3.05, 3.63) is 36.2 Å². The number of hydrogen-bond acceptors (Lipinski definition) is 3. The van der Waals surface area contributed by atoms with Crippen LogP contribution in [0.2, 0.25) is 0 Å². The Kier molecular flexibility index (Phi) is 1.46. The minimum Gasteiger partial charge on any atom is -0.298 e. The molecule has 68 valence electrons. The monoisotopic (exact) mass is 202 g/mol. The third-order valence-electron chi connectivity index (χ3n) is 2.19. The number of aromatic nitrogens is 2. The zero-order valence-corrected chi connectivity index (χ0v) is 7.99. The Labute approximate surface area is 83.6 Å². The summed E-state index contributed by atoms with van der Waals surface area (Å²) in [5.74, 6) is 0. The van der Waals surface area contributed by atoms with E-state index in [1.165, 1.54) is 0 Å². The van der Waals surface area contributed by atoms with Crippen molar-refractivity contribution in [1.29, 1.82) is 0 Å². The van der Waals surface area contributed by atoms with Crippen LogP contribution in [-0.4, -0.2) is 15.7 Å². The van der Waals surface area contributed by atoms with Crippen molar-refractivity contribution in [2.24, 2.45) is 0 Å².